The molecule has 0 aromatic rings. The number of carbonyl (C=O) groups is 1. The first-order chi connectivity index (χ1) is 7.16. The molecule has 0 heterocycles. The number of urea groups is 1. The summed E-state index contributed by atoms with van der Waals surface area (Å²) in [6.07, 6.45) is 7.32. The summed E-state index contributed by atoms with van der Waals surface area (Å²) in [5.41, 5.74) is 0.349. The Morgan fingerprint density at radius 1 is 1.27 bits per heavy atom. The lowest BCUT2D eigenvalue weighted by Gasteiger charge is -2.23. The lowest BCUT2D eigenvalue weighted by atomic mass is 9.89. The van der Waals surface area contributed by atoms with E-state index in [-0.39, 0.29) is 6.03 Å². The third-order valence-corrected chi connectivity index (χ3v) is 3.30. The highest BCUT2D eigenvalue weighted by atomic mass is 16.2. The van der Waals surface area contributed by atoms with E-state index in [1.54, 1.807) is 0 Å². The molecule has 0 unspecified atom stereocenters. The molecule has 2 amide bonds. The van der Waals surface area contributed by atoms with Crippen LogP contribution in [0.15, 0.2) is 0 Å². The van der Waals surface area contributed by atoms with Crippen molar-refractivity contribution in [2.45, 2.75) is 52.4 Å². The maximum Gasteiger partial charge on any atom is 0.314 e. The van der Waals surface area contributed by atoms with Gasteiger partial charge in [-0.25, -0.2) is 4.79 Å². The van der Waals surface area contributed by atoms with Crippen molar-refractivity contribution in [2.24, 2.45) is 5.41 Å². The molecule has 0 aliphatic heterocycles. The summed E-state index contributed by atoms with van der Waals surface area (Å²) in [6.45, 7) is 6.01. The lowest BCUT2D eigenvalue weighted by molar-refractivity contribution is 0.231. The first-order valence-corrected chi connectivity index (χ1v) is 6.18. The molecule has 0 spiro atoms. The number of unbranched alkanes of at least 4 members (excludes halogenated alkanes) is 1. The second-order valence-electron chi connectivity index (χ2n) is 4.98. The van der Waals surface area contributed by atoms with Gasteiger partial charge in [-0.15, -0.1) is 0 Å². The van der Waals surface area contributed by atoms with E-state index in [2.05, 4.69) is 24.5 Å². The predicted octanol–water partition coefficient (Wildman–Crippen LogP) is 2.67. The van der Waals surface area contributed by atoms with E-state index in [1.807, 2.05) is 0 Å². The highest BCUT2D eigenvalue weighted by Crippen LogP contribution is 2.36. The van der Waals surface area contributed by atoms with Crippen molar-refractivity contribution in [1.29, 1.82) is 0 Å². The Morgan fingerprint density at radius 3 is 2.53 bits per heavy atom. The molecule has 2 N–H and O–H groups in total. The lowest BCUT2D eigenvalue weighted by Crippen LogP contribution is -2.41. The van der Waals surface area contributed by atoms with Crippen LogP contribution in [-0.4, -0.2) is 19.1 Å². The minimum atomic E-state index is -0.00317. The van der Waals surface area contributed by atoms with Gasteiger partial charge in [0.15, 0.2) is 0 Å². The second-order valence-corrected chi connectivity index (χ2v) is 4.98. The topological polar surface area (TPSA) is 41.1 Å². The highest BCUT2D eigenvalue weighted by Gasteiger charge is 2.28. The minimum Gasteiger partial charge on any atom is -0.338 e. The third kappa shape index (κ3) is 4.54. The molecule has 15 heavy (non-hydrogen) atoms. The van der Waals surface area contributed by atoms with Crippen LogP contribution in [0.5, 0.6) is 0 Å². The number of carbonyl (C=O) groups excluding carboxylic acids is 1. The smallest absolute Gasteiger partial charge is 0.314 e. The Hall–Kier alpha value is -0.730. The van der Waals surface area contributed by atoms with Crippen LogP contribution in [0.3, 0.4) is 0 Å². The van der Waals surface area contributed by atoms with Gasteiger partial charge in [0.25, 0.3) is 0 Å². The molecule has 0 radical (unpaired) electrons. The number of nitrogens with one attached hydrogen (secondary N) is 2. The van der Waals surface area contributed by atoms with Crippen LogP contribution in [0.2, 0.25) is 0 Å². The summed E-state index contributed by atoms with van der Waals surface area (Å²) in [4.78, 5) is 11.4. The molecule has 88 valence electrons. The number of hydrogen-bond acceptors (Lipinski definition) is 1. The van der Waals surface area contributed by atoms with E-state index in [9.17, 15) is 4.79 Å². The average molecular weight is 212 g/mol. The van der Waals surface area contributed by atoms with Gasteiger partial charge >= 0.3 is 6.03 Å². The summed E-state index contributed by atoms with van der Waals surface area (Å²) >= 11 is 0. The molecule has 1 aliphatic rings. The van der Waals surface area contributed by atoms with E-state index in [0.717, 1.165) is 25.9 Å². The van der Waals surface area contributed by atoms with Gasteiger partial charge in [0, 0.05) is 13.1 Å². The number of hydrogen-bond donors (Lipinski definition) is 2. The molecule has 0 atom stereocenters. The normalized spacial score (nSPS) is 18.8. The molecule has 0 aromatic carbocycles. The molecular weight excluding hydrogens is 188 g/mol. The van der Waals surface area contributed by atoms with Crippen molar-refractivity contribution in [3.05, 3.63) is 0 Å². The van der Waals surface area contributed by atoms with Crippen LogP contribution < -0.4 is 10.6 Å². The summed E-state index contributed by atoms with van der Waals surface area (Å²) in [5, 5.41) is 5.85. The molecule has 0 aromatic heterocycles. The molecule has 0 saturated heterocycles. The van der Waals surface area contributed by atoms with Gasteiger partial charge in [-0.2, -0.15) is 0 Å². The Kier molecular flexibility index (Phi) is 4.92. The second kappa shape index (κ2) is 5.99. The van der Waals surface area contributed by atoms with Gasteiger partial charge in [-0.3, -0.25) is 0 Å². The molecule has 0 bridgehead atoms. The maximum absolute atomic E-state index is 11.4. The Bertz CT molecular complexity index is 198. The van der Waals surface area contributed by atoms with Crippen LogP contribution in [0.25, 0.3) is 0 Å². The van der Waals surface area contributed by atoms with E-state index in [1.165, 1.54) is 25.7 Å². The zero-order valence-corrected chi connectivity index (χ0v) is 10.1. The monoisotopic (exact) mass is 212 g/mol. The fraction of sp³-hybridized carbons (Fsp3) is 0.917. The first-order valence-electron chi connectivity index (χ1n) is 6.18. The van der Waals surface area contributed by atoms with Crippen molar-refractivity contribution in [2.75, 3.05) is 13.1 Å². The number of rotatable bonds is 5. The Labute approximate surface area is 93.0 Å². The highest BCUT2D eigenvalue weighted by molar-refractivity contribution is 5.73. The van der Waals surface area contributed by atoms with Gasteiger partial charge in [-0.1, -0.05) is 33.1 Å². The summed E-state index contributed by atoms with van der Waals surface area (Å²) in [7, 11) is 0. The molecular formula is C12H24N2O. The molecule has 1 aliphatic carbocycles. The zero-order chi connectivity index (χ0) is 11.1. The summed E-state index contributed by atoms with van der Waals surface area (Å²) < 4.78 is 0. The fourth-order valence-electron chi connectivity index (χ4n) is 2.14. The largest absolute Gasteiger partial charge is 0.338 e. The average Bonchev–Trinajstić information content (AvgIpc) is 2.64. The third-order valence-electron chi connectivity index (χ3n) is 3.30. The standard InChI is InChI=1S/C12H24N2O/c1-3-4-9-13-11(15)14-10-12(2)7-5-6-8-12/h3-10H2,1-2H3,(H2,13,14,15). The van der Waals surface area contributed by atoms with E-state index < -0.39 is 0 Å². The van der Waals surface area contributed by atoms with E-state index in [4.69, 9.17) is 0 Å². The fourth-order valence-corrected chi connectivity index (χ4v) is 2.14. The van der Waals surface area contributed by atoms with E-state index >= 15 is 0 Å². The van der Waals surface area contributed by atoms with Gasteiger partial charge in [0.1, 0.15) is 0 Å². The molecule has 3 heteroatoms. The predicted molar refractivity (Wildman–Crippen MR) is 62.9 cm³/mol. The van der Waals surface area contributed by atoms with Crippen molar-refractivity contribution < 1.29 is 4.79 Å². The van der Waals surface area contributed by atoms with Gasteiger partial charge in [-0.05, 0) is 24.7 Å². The van der Waals surface area contributed by atoms with Crippen LogP contribution in [0.1, 0.15) is 52.4 Å². The quantitative estimate of drug-likeness (QED) is 0.676. The minimum absolute atomic E-state index is 0.00317. The Morgan fingerprint density at radius 2 is 1.93 bits per heavy atom. The van der Waals surface area contributed by atoms with Crippen molar-refractivity contribution >= 4 is 6.03 Å². The van der Waals surface area contributed by atoms with Gasteiger partial charge < -0.3 is 10.6 Å². The van der Waals surface area contributed by atoms with Crippen LogP contribution in [0, 0.1) is 5.41 Å². The SMILES string of the molecule is CCCCNC(=O)NCC1(C)CCCC1. The van der Waals surface area contributed by atoms with Crippen LogP contribution in [-0.2, 0) is 0 Å². The molecule has 3 nitrogen and oxygen atoms in total. The Balaban J connectivity index is 2.10. The van der Waals surface area contributed by atoms with Crippen LogP contribution >= 0.6 is 0 Å². The maximum atomic E-state index is 11.4. The summed E-state index contributed by atoms with van der Waals surface area (Å²) in [6, 6.07) is -0.00317. The van der Waals surface area contributed by atoms with Crippen LogP contribution in [0.4, 0.5) is 4.79 Å². The number of amides is 2. The molecule has 1 rings (SSSR count). The van der Waals surface area contributed by atoms with Crippen molar-refractivity contribution in [1.82, 2.24) is 10.6 Å². The zero-order valence-electron chi connectivity index (χ0n) is 10.1. The van der Waals surface area contributed by atoms with Gasteiger partial charge in [0.05, 0.1) is 0 Å². The van der Waals surface area contributed by atoms with Crippen molar-refractivity contribution in [3.8, 4) is 0 Å². The first kappa shape index (κ1) is 12.3. The summed E-state index contributed by atoms with van der Waals surface area (Å²) in [5.74, 6) is 0. The van der Waals surface area contributed by atoms with Crippen molar-refractivity contribution in [3.63, 3.8) is 0 Å². The van der Waals surface area contributed by atoms with E-state index in [0.29, 0.717) is 5.41 Å². The molecule has 1 saturated carbocycles. The molecule has 1 fully saturated rings. The van der Waals surface area contributed by atoms with Gasteiger partial charge in [0.2, 0.25) is 0 Å².